The van der Waals surface area contributed by atoms with E-state index in [4.69, 9.17) is 9.47 Å². The smallest absolute Gasteiger partial charge is 0.336 e. The fraction of sp³-hybridized carbons (Fsp3) is 0.286. The van der Waals surface area contributed by atoms with Crippen LogP contribution in [0.4, 0.5) is 0 Å². The van der Waals surface area contributed by atoms with Gasteiger partial charge in [0.05, 0.1) is 18.8 Å². The minimum atomic E-state index is -0.981. The molecular weight excluding hydrogens is 316 g/mol. The number of carbonyl (C=O) groups is 1. The van der Waals surface area contributed by atoms with E-state index < -0.39 is 5.97 Å². The third-order valence-electron chi connectivity index (χ3n) is 3.62. The minimum absolute atomic E-state index is 0.215. The zero-order chi connectivity index (χ0) is 18.1. The molecule has 0 atom stereocenters. The highest BCUT2D eigenvalue weighted by Gasteiger charge is 2.11. The summed E-state index contributed by atoms with van der Waals surface area (Å²) in [7, 11) is 0. The van der Waals surface area contributed by atoms with E-state index in [1.807, 2.05) is 37.3 Å². The van der Waals surface area contributed by atoms with Gasteiger partial charge in [-0.3, -0.25) is 0 Å². The van der Waals surface area contributed by atoms with Crippen molar-refractivity contribution in [1.29, 1.82) is 0 Å². The first-order valence-corrected chi connectivity index (χ1v) is 8.55. The molecule has 0 aromatic heterocycles. The number of unbranched alkanes of at least 4 members (excludes halogenated alkanes) is 1. The quantitative estimate of drug-likeness (QED) is 0.401. The zero-order valence-corrected chi connectivity index (χ0v) is 14.7. The van der Waals surface area contributed by atoms with Crippen LogP contribution in [0.15, 0.2) is 48.5 Å². The van der Waals surface area contributed by atoms with Crippen LogP contribution in [0.1, 0.15) is 37.8 Å². The molecular formula is C21H24O4. The van der Waals surface area contributed by atoms with Gasteiger partial charge in [0, 0.05) is 0 Å². The molecule has 4 nitrogen and oxygen atoms in total. The molecule has 1 N–H and O–H groups in total. The summed E-state index contributed by atoms with van der Waals surface area (Å²) in [5, 5.41) is 9.61. The molecule has 0 aliphatic carbocycles. The van der Waals surface area contributed by atoms with Crippen molar-refractivity contribution in [3.63, 3.8) is 0 Å². The Hall–Kier alpha value is -2.75. The van der Waals surface area contributed by atoms with Crippen molar-refractivity contribution >= 4 is 17.6 Å². The molecule has 0 bridgehead atoms. The second-order valence-electron chi connectivity index (χ2n) is 5.60. The number of aliphatic carboxylic acids is 1. The van der Waals surface area contributed by atoms with Gasteiger partial charge in [-0.15, -0.1) is 0 Å². The fourth-order valence-electron chi connectivity index (χ4n) is 2.38. The summed E-state index contributed by atoms with van der Waals surface area (Å²) in [6, 6.07) is 14.6. The molecule has 0 aliphatic rings. The molecule has 0 radical (unpaired) electrons. The van der Waals surface area contributed by atoms with Crippen LogP contribution in [0.3, 0.4) is 0 Å². The van der Waals surface area contributed by atoms with E-state index in [1.165, 1.54) is 0 Å². The molecule has 2 rings (SSSR count). The van der Waals surface area contributed by atoms with Gasteiger partial charge in [-0.1, -0.05) is 37.6 Å². The van der Waals surface area contributed by atoms with Crippen molar-refractivity contribution in [2.75, 3.05) is 13.2 Å². The van der Waals surface area contributed by atoms with Crippen molar-refractivity contribution in [2.24, 2.45) is 0 Å². The Morgan fingerprint density at radius 1 is 1.04 bits per heavy atom. The first-order valence-electron chi connectivity index (χ1n) is 8.55. The standard InChI is InChI=1S/C21H24O4/c1-3-5-12-25-18-10-6-8-16(13-18)14-20(21(22)23)17-9-7-11-19(15-17)24-4-2/h6-11,13-15H,3-5,12H2,1-2H3,(H,22,23)/b20-14-. The predicted octanol–water partition coefficient (Wildman–Crippen LogP) is 4.89. The van der Waals surface area contributed by atoms with Crippen molar-refractivity contribution in [3.8, 4) is 11.5 Å². The van der Waals surface area contributed by atoms with Gasteiger partial charge in [-0.2, -0.15) is 0 Å². The van der Waals surface area contributed by atoms with E-state index in [-0.39, 0.29) is 5.57 Å². The zero-order valence-electron chi connectivity index (χ0n) is 14.7. The molecule has 4 heteroatoms. The number of rotatable bonds is 9. The third-order valence-corrected chi connectivity index (χ3v) is 3.62. The minimum Gasteiger partial charge on any atom is -0.494 e. The van der Waals surface area contributed by atoms with E-state index in [9.17, 15) is 9.90 Å². The Kier molecular flexibility index (Phi) is 7.08. The maximum atomic E-state index is 11.7. The maximum Gasteiger partial charge on any atom is 0.336 e. The van der Waals surface area contributed by atoms with Gasteiger partial charge in [0.2, 0.25) is 0 Å². The summed E-state index contributed by atoms with van der Waals surface area (Å²) in [4.78, 5) is 11.7. The topological polar surface area (TPSA) is 55.8 Å². The SMILES string of the molecule is CCCCOc1cccc(/C=C(\C(=O)O)c2cccc(OCC)c2)c1. The summed E-state index contributed by atoms with van der Waals surface area (Å²) in [5.74, 6) is 0.421. The molecule has 0 saturated carbocycles. The number of carboxylic acid groups (broad SMARTS) is 1. The lowest BCUT2D eigenvalue weighted by Gasteiger charge is -2.08. The Morgan fingerprint density at radius 2 is 1.76 bits per heavy atom. The first kappa shape index (κ1) is 18.6. The first-order chi connectivity index (χ1) is 12.1. The predicted molar refractivity (Wildman–Crippen MR) is 100.0 cm³/mol. The summed E-state index contributed by atoms with van der Waals surface area (Å²) >= 11 is 0. The second-order valence-corrected chi connectivity index (χ2v) is 5.60. The van der Waals surface area contributed by atoms with Crippen LogP contribution in [0.5, 0.6) is 11.5 Å². The second kappa shape index (κ2) is 9.52. The number of ether oxygens (including phenoxy) is 2. The molecule has 0 aliphatic heterocycles. The lowest BCUT2D eigenvalue weighted by molar-refractivity contribution is -0.130. The molecule has 2 aromatic rings. The van der Waals surface area contributed by atoms with E-state index in [0.29, 0.717) is 24.5 Å². The highest BCUT2D eigenvalue weighted by Crippen LogP contribution is 2.24. The van der Waals surface area contributed by atoms with E-state index in [0.717, 1.165) is 24.2 Å². The third kappa shape index (κ3) is 5.68. The summed E-state index contributed by atoms with van der Waals surface area (Å²) in [6.07, 6.45) is 3.71. The molecule has 0 amide bonds. The molecule has 132 valence electrons. The van der Waals surface area contributed by atoms with Crippen LogP contribution in [0.2, 0.25) is 0 Å². The lowest BCUT2D eigenvalue weighted by atomic mass is 10.0. The highest BCUT2D eigenvalue weighted by atomic mass is 16.5. The Balaban J connectivity index is 2.29. The van der Waals surface area contributed by atoms with Crippen molar-refractivity contribution in [1.82, 2.24) is 0 Å². The Morgan fingerprint density at radius 3 is 2.44 bits per heavy atom. The Labute approximate surface area is 148 Å². The molecule has 2 aromatic carbocycles. The van der Waals surface area contributed by atoms with Gasteiger partial charge < -0.3 is 14.6 Å². The van der Waals surface area contributed by atoms with Crippen LogP contribution in [-0.4, -0.2) is 24.3 Å². The van der Waals surface area contributed by atoms with Gasteiger partial charge >= 0.3 is 5.97 Å². The van der Waals surface area contributed by atoms with Crippen LogP contribution in [0.25, 0.3) is 11.6 Å². The average molecular weight is 340 g/mol. The summed E-state index contributed by atoms with van der Waals surface area (Å²) < 4.78 is 11.1. The number of carboxylic acids is 1. The van der Waals surface area contributed by atoms with Crippen LogP contribution in [0, 0.1) is 0 Å². The van der Waals surface area contributed by atoms with E-state index in [1.54, 1.807) is 24.3 Å². The number of hydrogen-bond donors (Lipinski definition) is 1. The van der Waals surface area contributed by atoms with Gasteiger partial charge in [-0.05, 0) is 54.8 Å². The molecule has 0 fully saturated rings. The van der Waals surface area contributed by atoms with Crippen LogP contribution in [-0.2, 0) is 4.79 Å². The maximum absolute atomic E-state index is 11.7. The van der Waals surface area contributed by atoms with Gasteiger partial charge in [0.1, 0.15) is 11.5 Å². The molecule has 0 spiro atoms. The van der Waals surface area contributed by atoms with Crippen molar-refractivity contribution in [3.05, 3.63) is 59.7 Å². The fourth-order valence-corrected chi connectivity index (χ4v) is 2.38. The summed E-state index contributed by atoms with van der Waals surface area (Å²) in [5.41, 5.74) is 1.61. The van der Waals surface area contributed by atoms with Crippen LogP contribution < -0.4 is 9.47 Å². The van der Waals surface area contributed by atoms with E-state index >= 15 is 0 Å². The molecule has 0 heterocycles. The lowest BCUT2D eigenvalue weighted by Crippen LogP contribution is -2.01. The van der Waals surface area contributed by atoms with Gasteiger partial charge in [0.25, 0.3) is 0 Å². The Bertz CT molecular complexity index is 734. The summed E-state index contributed by atoms with van der Waals surface area (Å²) in [6.45, 7) is 5.20. The van der Waals surface area contributed by atoms with Crippen LogP contribution >= 0.6 is 0 Å². The normalized spacial score (nSPS) is 11.2. The number of benzene rings is 2. The van der Waals surface area contributed by atoms with Gasteiger partial charge in [0.15, 0.2) is 0 Å². The number of hydrogen-bond acceptors (Lipinski definition) is 3. The highest BCUT2D eigenvalue weighted by molar-refractivity contribution is 6.20. The molecule has 25 heavy (non-hydrogen) atoms. The van der Waals surface area contributed by atoms with Crippen molar-refractivity contribution < 1.29 is 19.4 Å². The van der Waals surface area contributed by atoms with Gasteiger partial charge in [-0.25, -0.2) is 4.79 Å². The largest absolute Gasteiger partial charge is 0.494 e. The molecule has 0 unspecified atom stereocenters. The average Bonchev–Trinajstić information content (AvgIpc) is 2.61. The monoisotopic (exact) mass is 340 g/mol. The molecule has 0 saturated heterocycles. The van der Waals surface area contributed by atoms with E-state index in [2.05, 4.69) is 6.92 Å². The van der Waals surface area contributed by atoms with Crippen molar-refractivity contribution in [2.45, 2.75) is 26.7 Å².